The van der Waals surface area contributed by atoms with Gasteiger partial charge in [0.1, 0.15) is 5.75 Å². The van der Waals surface area contributed by atoms with Gasteiger partial charge in [-0.05, 0) is 41.7 Å². The van der Waals surface area contributed by atoms with E-state index >= 15 is 0 Å². The quantitative estimate of drug-likeness (QED) is 0.880. The van der Waals surface area contributed by atoms with Crippen LogP contribution in [0.5, 0.6) is 5.75 Å². The third kappa shape index (κ3) is 3.65. The minimum absolute atomic E-state index is 0.0133. The number of benzene rings is 2. The number of rotatable bonds is 6. The number of methoxy groups -OCH3 is 1. The Bertz CT molecular complexity index is 803. The number of para-hydroxylation sites is 1. The lowest BCUT2D eigenvalue weighted by molar-refractivity contribution is -0.131. The van der Waals surface area contributed by atoms with Crippen molar-refractivity contribution in [1.29, 1.82) is 0 Å². The summed E-state index contributed by atoms with van der Waals surface area (Å²) >= 11 is 0. The molecule has 0 aliphatic heterocycles. The molecule has 25 heavy (non-hydrogen) atoms. The SMILES string of the molecule is COc1ccccc1C1CC1C(=O)N(C)Cc1cccc(C(N)=O)c1. The number of carbonyl (C=O) groups is 2. The minimum Gasteiger partial charge on any atom is -0.496 e. The molecule has 2 amide bonds. The molecule has 1 aliphatic rings. The van der Waals surface area contributed by atoms with Gasteiger partial charge in [0.2, 0.25) is 11.8 Å². The Balaban J connectivity index is 1.66. The lowest BCUT2D eigenvalue weighted by Gasteiger charge is -2.18. The summed E-state index contributed by atoms with van der Waals surface area (Å²) in [6.07, 6.45) is 0.838. The lowest BCUT2D eigenvalue weighted by atomic mass is 10.1. The fourth-order valence-corrected chi connectivity index (χ4v) is 3.24. The molecule has 2 N–H and O–H groups in total. The van der Waals surface area contributed by atoms with Gasteiger partial charge in [0, 0.05) is 25.1 Å². The zero-order valence-electron chi connectivity index (χ0n) is 14.4. The summed E-state index contributed by atoms with van der Waals surface area (Å²) in [4.78, 5) is 25.7. The zero-order valence-corrected chi connectivity index (χ0v) is 14.4. The van der Waals surface area contributed by atoms with E-state index in [4.69, 9.17) is 10.5 Å². The normalized spacial score (nSPS) is 18.5. The maximum atomic E-state index is 12.7. The predicted octanol–water partition coefficient (Wildman–Crippen LogP) is 2.56. The molecule has 5 nitrogen and oxygen atoms in total. The fraction of sp³-hybridized carbons (Fsp3) is 0.300. The van der Waals surface area contributed by atoms with Crippen LogP contribution in [0.25, 0.3) is 0 Å². The first-order valence-electron chi connectivity index (χ1n) is 8.28. The van der Waals surface area contributed by atoms with E-state index in [2.05, 4.69) is 0 Å². The van der Waals surface area contributed by atoms with Crippen molar-refractivity contribution in [1.82, 2.24) is 4.90 Å². The molecule has 2 unspecified atom stereocenters. The fourth-order valence-electron chi connectivity index (χ4n) is 3.24. The third-order valence-electron chi connectivity index (χ3n) is 4.65. The second-order valence-electron chi connectivity index (χ2n) is 6.45. The summed E-state index contributed by atoms with van der Waals surface area (Å²) in [7, 11) is 3.44. The van der Waals surface area contributed by atoms with Crippen LogP contribution in [0.1, 0.15) is 33.8 Å². The van der Waals surface area contributed by atoms with Crippen LogP contribution >= 0.6 is 0 Å². The Hall–Kier alpha value is -2.82. The highest BCUT2D eigenvalue weighted by molar-refractivity contribution is 5.92. The molecule has 2 aromatic carbocycles. The molecule has 1 saturated carbocycles. The largest absolute Gasteiger partial charge is 0.496 e. The number of nitrogens with two attached hydrogens (primary N) is 1. The average Bonchev–Trinajstić information content (AvgIpc) is 3.41. The van der Waals surface area contributed by atoms with Crippen LogP contribution < -0.4 is 10.5 Å². The van der Waals surface area contributed by atoms with Gasteiger partial charge in [-0.15, -0.1) is 0 Å². The molecular weight excluding hydrogens is 316 g/mol. The van der Waals surface area contributed by atoms with Crippen LogP contribution in [-0.4, -0.2) is 30.9 Å². The van der Waals surface area contributed by atoms with E-state index in [-0.39, 0.29) is 17.7 Å². The van der Waals surface area contributed by atoms with E-state index in [9.17, 15) is 9.59 Å². The third-order valence-corrected chi connectivity index (χ3v) is 4.65. The molecule has 5 heteroatoms. The summed E-state index contributed by atoms with van der Waals surface area (Å²) in [6.45, 7) is 0.453. The molecule has 1 fully saturated rings. The molecule has 130 valence electrons. The lowest BCUT2D eigenvalue weighted by Crippen LogP contribution is -2.28. The zero-order chi connectivity index (χ0) is 18.0. The second kappa shape index (κ2) is 6.97. The number of amides is 2. The Morgan fingerprint density at radius 1 is 1.20 bits per heavy atom. The van der Waals surface area contributed by atoms with E-state index < -0.39 is 5.91 Å². The molecule has 0 radical (unpaired) electrons. The molecule has 0 heterocycles. The Morgan fingerprint density at radius 2 is 1.96 bits per heavy atom. The monoisotopic (exact) mass is 338 g/mol. The van der Waals surface area contributed by atoms with Gasteiger partial charge in [0.25, 0.3) is 0 Å². The summed E-state index contributed by atoms with van der Waals surface area (Å²) < 4.78 is 5.40. The van der Waals surface area contributed by atoms with Gasteiger partial charge in [-0.1, -0.05) is 30.3 Å². The highest BCUT2D eigenvalue weighted by Gasteiger charge is 2.46. The van der Waals surface area contributed by atoms with Crippen molar-refractivity contribution in [3.63, 3.8) is 0 Å². The summed E-state index contributed by atoms with van der Waals surface area (Å²) in [5.41, 5.74) is 7.75. The molecule has 0 spiro atoms. The summed E-state index contributed by atoms with van der Waals surface area (Å²) in [5, 5.41) is 0. The van der Waals surface area contributed by atoms with Crippen molar-refractivity contribution in [2.24, 2.45) is 11.7 Å². The summed E-state index contributed by atoms with van der Waals surface area (Å²) in [6, 6.07) is 14.9. The topological polar surface area (TPSA) is 72.6 Å². The smallest absolute Gasteiger partial charge is 0.248 e. The van der Waals surface area contributed by atoms with Gasteiger partial charge in [0.05, 0.1) is 7.11 Å². The minimum atomic E-state index is -0.464. The van der Waals surface area contributed by atoms with Crippen molar-refractivity contribution in [3.05, 3.63) is 65.2 Å². The average molecular weight is 338 g/mol. The van der Waals surface area contributed by atoms with Gasteiger partial charge in [0.15, 0.2) is 0 Å². The number of ether oxygens (including phenoxy) is 1. The maximum absolute atomic E-state index is 12.7. The predicted molar refractivity (Wildman–Crippen MR) is 95.3 cm³/mol. The standard InChI is InChI=1S/C20H22N2O3/c1-22(12-13-6-5-7-14(10-13)19(21)23)20(24)17-11-16(17)15-8-3-4-9-18(15)25-2/h3-10,16-17H,11-12H2,1-2H3,(H2,21,23). The maximum Gasteiger partial charge on any atom is 0.248 e. The van der Waals surface area contributed by atoms with Gasteiger partial charge in [-0.25, -0.2) is 0 Å². The molecule has 0 saturated heterocycles. The van der Waals surface area contributed by atoms with Gasteiger partial charge in [-0.2, -0.15) is 0 Å². The van der Waals surface area contributed by atoms with E-state index in [1.807, 2.05) is 30.3 Å². The Morgan fingerprint density at radius 3 is 2.68 bits per heavy atom. The molecule has 0 bridgehead atoms. The molecular formula is C20H22N2O3. The van der Waals surface area contributed by atoms with E-state index in [1.165, 1.54) is 0 Å². The van der Waals surface area contributed by atoms with Crippen molar-refractivity contribution < 1.29 is 14.3 Å². The highest BCUT2D eigenvalue weighted by Crippen LogP contribution is 2.51. The number of carbonyl (C=O) groups excluding carboxylic acids is 2. The number of primary amides is 1. The van der Waals surface area contributed by atoms with Gasteiger partial charge in [-0.3, -0.25) is 9.59 Å². The van der Waals surface area contributed by atoms with Crippen LogP contribution in [0.15, 0.2) is 48.5 Å². The van der Waals surface area contributed by atoms with Crippen molar-refractivity contribution >= 4 is 11.8 Å². The summed E-state index contributed by atoms with van der Waals surface area (Å²) in [5.74, 6) is 0.679. The van der Waals surface area contributed by atoms with Crippen LogP contribution in [-0.2, 0) is 11.3 Å². The van der Waals surface area contributed by atoms with Crippen LogP contribution in [0.3, 0.4) is 0 Å². The first kappa shape index (κ1) is 17.0. The van der Waals surface area contributed by atoms with Crippen LogP contribution in [0, 0.1) is 5.92 Å². The second-order valence-corrected chi connectivity index (χ2v) is 6.45. The van der Waals surface area contributed by atoms with Crippen LogP contribution in [0.2, 0.25) is 0 Å². The Labute approximate surface area is 147 Å². The van der Waals surface area contributed by atoms with Crippen LogP contribution in [0.4, 0.5) is 0 Å². The van der Waals surface area contributed by atoms with Crippen molar-refractivity contribution in [2.45, 2.75) is 18.9 Å². The van der Waals surface area contributed by atoms with Crippen molar-refractivity contribution in [3.8, 4) is 5.75 Å². The number of hydrogen-bond donors (Lipinski definition) is 1. The molecule has 2 atom stereocenters. The van der Waals surface area contributed by atoms with Gasteiger partial charge < -0.3 is 15.4 Å². The van der Waals surface area contributed by atoms with E-state index in [1.54, 1.807) is 37.3 Å². The first-order valence-corrected chi connectivity index (χ1v) is 8.28. The highest BCUT2D eigenvalue weighted by atomic mass is 16.5. The number of nitrogens with zero attached hydrogens (tertiary/aromatic N) is 1. The van der Waals surface area contributed by atoms with Crippen molar-refractivity contribution in [2.75, 3.05) is 14.2 Å². The van der Waals surface area contributed by atoms with Gasteiger partial charge >= 0.3 is 0 Å². The molecule has 2 aromatic rings. The Kier molecular flexibility index (Phi) is 4.74. The molecule has 1 aliphatic carbocycles. The molecule has 0 aromatic heterocycles. The molecule has 3 rings (SSSR count). The van der Waals surface area contributed by atoms with E-state index in [0.29, 0.717) is 12.1 Å². The number of hydrogen-bond acceptors (Lipinski definition) is 3. The first-order chi connectivity index (χ1) is 12.0. The van der Waals surface area contributed by atoms with E-state index in [0.717, 1.165) is 23.3 Å².